The summed E-state index contributed by atoms with van der Waals surface area (Å²) in [5.41, 5.74) is 3.56. The smallest absolute Gasteiger partial charge is 0.325 e. The molecule has 204 valence electrons. The number of thiocarbonyl (C=S) groups is 1. The van der Waals surface area contributed by atoms with Gasteiger partial charge in [-0.2, -0.15) is 0 Å². The summed E-state index contributed by atoms with van der Waals surface area (Å²) < 4.78 is 13.4. The van der Waals surface area contributed by atoms with E-state index < -0.39 is 5.97 Å². The number of ether oxygens (including phenoxy) is 2. The number of benzene rings is 3. The van der Waals surface area contributed by atoms with Crippen molar-refractivity contribution in [3.63, 3.8) is 0 Å². The monoisotopic (exact) mass is 637 g/mol. The second-order valence-electron chi connectivity index (χ2n) is 9.01. The molecule has 5 rings (SSSR count). The van der Waals surface area contributed by atoms with Crippen molar-refractivity contribution in [1.82, 2.24) is 9.47 Å². The van der Waals surface area contributed by atoms with Crippen molar-refractivity contribution < 1.29 is 19.1 Å². The number of hydrogen-bond donors (Lipinski definition) is 0. The molecular formula is C30H25BrClN3O4S. The van der Waals surface area contributed by atoms with Gasteiger partial charge in [-0.15, -0.1) is 0 Å². The Kier molecular flexibility index (Phi) is 8.25. The van der Waals surface area contributed by atoms with E-state index in [2.05, 4.69) is 20.5 Å². The van der Waals surface area contributed by atoms with Gasteiger partial charge in [-0.1, -0.05) is 45.7 Å². The van der Waals surface area contributed by atoms with Gasteiger partial charge in [-0.05, 0) is 79.3 Å². The fourth-order valence-electron chi connectivity index (χ4n) is 4.61. The Morgan fingerprint density at radius 3 is 2.55 bits per heavy atom. The average molecular weight is 639 g/mol. The molecule has 3 aromatic carbocycles. The van der Waals surface area contributed by atoms with Gasteiger partial charge in [-0.3, -0.25) is 14.5 Å². The molecule has 0 saturated carbocycles. The summed E-state index contributed by atoms with van der Waals surface area (Å²) in [5.74, 6) is -0.179. The van der Waals surface area contributed by atoms with E-state index in [1.165, 1.54) is 16.9 Å². The van der Waals surface area contributed by atoms with Gasteiger partial charge in [0, 0.05) is 38.7 Å². The van der Waals surface area contributed by atoms with Crippen LogP contribution in [0.4, 0.5) is 5.69 Å². The molecule has 1 aliphatic heterocycles. The molecule has 1 aromatic heterocycles. The summed E-state index contributed by atoms with van der Waals surface area (Å²) in [6.45, 7) is 2.76. The number of esters is 1. The molecule has 0 bridgehead atoms. The molecule has 0 spiro atoms. The van der Waals surface area contributed by atoms with Crippen molar-refractivity contribution in [3.8, 4) is 5.75 Å². The van der Waals surface area contributed by atoms with Crippen LogP contribution in [0, 0.1) is 0 Å². The number of carbonyl (C=O) groups is 2. The molecule has 0 N–H and O–H groups in total. The number of aromatic nitrogens is 1. The summed E-state index contributed by atoms with van der Waals surface area (Å²) in [7, 11) is 1.30. The molecule has 2 heterocycles. The lowest BCUT2D eigenvalue weighted by Crippen LogP contribution is -2.35. The van der Waals surface area contributed by atoms with Gasteiger partial charge in [0.25, 0.3) is 5.91 Å². The molecule has 40 heavy (non-hydrogen) atoms. The quantitative estimate of drug-likeness (QED) is 0.122. The lowest BCUT2D eigenvalue weighted by atomic mass is 10.1. The zero-order chi connectivity index (χ0) is 28.4. The molecular weight excluding hydrogens is 614 g/mol. The van der Waals surface area contributed by atoms with Crippen molar-refractivity contribution >= 4 is 79.4 Å². The topological polar surface area (TPSA) is 64.0 Å². The highest BCUT2D eigenvalue weighted by Gasteiger charge is 2.40. The minimum Gasteiger partial charge on any atom is -0.494 e. The lowest BCUT2D eigenvalue weighted by molar-refractivity contribution is -0.140. The first-order valence-electron chi connectivity index (χ1n) is 12.5. The second kappa shape index (κ2) is 11.8. The van der Waals surface area contributed by atoms with Crippen molar-refractivity contribution in [2.75, 3.05) is 25.2 Å². The lowest BCUT2D eigenvalue weighted by Gasteiger charge is -2.19. The van der Waals surface area contributed by atoms with E-state index in [9.17, 15) is 9.59 Å². The number of nitrogens with zero attached hydrogens (tertiary/aromatic N) is 3. The van der Waals surface area contributed by atoms with Gasteiger partial charge >= 0.3 is 5.97 Å². The van der Waals surface area contributed by atoms with Crippen LogP contribution < -0.4 is 9.64 Å². The number of hydrogen-bond acceptors (Lipinski definition) is 5. The van der Waals surface area contributed by atoms with E-state index in [-0.39, 0.29) is 23.3 Å². The van der Waals surface area contributed by atoms with Crippen LogP contribution in [-0.4, -0.2) is 46.7 Å². The molecule has 1 saturated heterocycles. The average Bonchev–Trinajstić information content (AvgIpc) is 3.39. The number of carbonyl (C=O) groups excluding carboxylic acids is 2. The van der Waals surface area contributed by atoms with Crippen LogP contribution in [0.25, 0.3) is 17.0 Å². The van der Waals surface area contributed by atoms with Crippen LogP contribution in [0.3, 0.4) is 0 Å². The fraction of sp³-hybridized carbons (Fsp3) is 0.167. The Morgan fingerprint density at radius 1 is 1.10 bits per heavy atom. The summed E-state index contributed by atoms with van der Waals surface area (Å²) in [5, 5.41) is 1.78. The molecule has 0 radical (unpaired) electrons. The van der Waals surface area contributed by atoms with Crippen molar-refractivity contribution in [1.29, 1.82) is 0 Å². The third-order valence-electron chi connectivity index (χ3n) is 6.52. The number of fused-ring (bicyclic) bond motifs is 1. The number of anilines is 1. The summed E-state index contributed by atoms with van der Waals surface area (Å²) in [6, 6.07) is 20.8. The van der Waals surface area contributed by atoms with Gasteiger partial charge in [0.1, 0.15) is 18.0 Å². The normalized spacial score (nSPS) is 14.4. The number of amides is 1. The first kappa shape index (κ1) is 27.9. The summed E-state index contributed by atoms with van der Waals surface area (Å²) >= 11 is 15.7. The van der Waals surface area contributed by atoms with Crippen LogP contribution in [0.2, 0.25) is 5.02 Å². The van der Waals surface area contributed by atoms with Crippen LogP contribution in [0.15, 0.2) is 83.1 Å². The summed E-state index contributed by atoms with van der Waals surface area (Å²) in [4.78, 5) is 29.1. The van der Waals surface area contributed by atoms with Gasteiger partial charge in [0.05, 0.1) is 19.4 Å². The molecule has 0 unspecified atom stereocenters. The van der Waals surface area contributed by atoms with Crippen LogP contribution >= 0.6 is 39.7 Å². The van der Waals surface area contributed by atoms with Crippen LogP contribution in [-0.2, 0) is 20.9 Å². The Bertz CT molecular complexity index is 1650. The predicted molar refractivity (Wildman–Crippen MR) is 165 cm³/mol. The van der Waals surface area contributed by atoms with Gasteiger partial charge < -0.3 is 18.9 Å². The predicted octanol–water partition coefficient (Wildman–Crippen LogP) is 6.65. The molecule has 1 amide bonds. The largest absolute Gasteiger partial charge is 0.494 e. The first-order chi connectivity index (χ1) is 19.3. The third-order valence-corrected chi connectivity index (χ3v) is 7.79. The molecule has 0 atom stereocenters. The van der Waals surface area contributed by atoms with E-state index in [0.29, 0.717) is 29.6 Å². The zero-order valence-corrected chi connectivity index (χ0v) is 24.9. The Hall–Kier alpha value is -3.66. The van der Waals surface area contributed by atoms with Gasteiger partial charge in [0.15, 0.2) is 5.11 Å². The standard InChI is InChI=1S/C30H25BrClN3O4S/c1-3-39-23-11-9-22(10-12-23)35-29(37)27(34(30(35)40)18-28(36)38-2)14-20-17-33(16-19-6-4-5-7-25(19)32)26-13-8-21(31)15-24(20)26/h4-15,17H,3,16,18H2,1-2H3/b27-14-. The van der Waals surface area contributed by atoms with Gasteiger partial charge in [-0.25, -0.2) is 0 Å². The highest BCUT2D eigenvalue weighted by atomic mass is 79.9. The Balaban J connectivity index is 1.60. The minimum absolute atomic E-state index is 0.187. The Morgan fingerprint density at radius 2 is 1.85 bits per heavy atom. The SMILES string of the molecule is CCOc1ccc(N2C(=O)/C(=C/c3cn(Cc4ccccc4Cl)c4ccc(Br)cc34)N(CC(=O)OC)C2=S)cc1. The van der Waals surface area contributed by atoms with Crippen LogP contribution in [0.1, 0.15) is 18.1 Å². The first-order valence-corrected chi connectivity index (χ1v) is 14.1. The van der Waals surface area contributed by atoms with E-state index >= 15 is 0 Å². The second-order valence-corrected chi connectivity index (χ2v) is 10.7. The molecule has 10 heteroatoms. The maximum Gasteiger partial charge on any atom is 0.325 e. The maximum absolute atomic E-state index is 13.9. The molecule has 1 fully saturated rings. The third kappa shape index (κ3) is 5.50. The fourth-order valence-corrected chi connectivity index (χ4v) is 5.52. The highest BCUT2D eigenvalue weighted by molar-refractivity contribution is 9.10. The number of methoxy groups -OCH3 is 1. The molecule has 1 aliphatic rings. The zero-order valence-electron chi connectivity index (χ0n) is 21.8. The van der Waals surface area contributed by atoms with Crippen molar-refractivity contribution in [2.45, 2.75) is 13.5 Å². The van der Waals surface area contributed by atoms with Gasteiger partial charge in [0.2, 0.25) is 0 Å². The van der Waals surface area contributed by atoms with E-state index in [0.717, 1.165) is 26.5 Å². The minimum atomic E-state index is -0.515. The molecule has 7 nitrogen and oxygen atoms in total. The van der Waals surface area contributed by atoms with Crippen molar-refractivity contribution in [2.24, 2.45) is 0 Å². The van der Waals surface area contributed by atoms with Crippen LogP contribution in [0.5, 0.6) is 5.75 Å². The Labute approximate surface area is 250 Å². The molecule has 0 aliphatic carbocycles. The number of halogens is 2. The van der Waals surface area contributed by atoms with Crippen molar-refractivity contribution in [3.05, 3.63) is 99.2 Å². The van der Waals surface area contributed by atoms with E-state index in [4.69, 9.17) is 33.3 Å². The summed E-state index contributed by atoms with van der Waals surface area (Å²) in [6.07, 6.45) is 3.74. The van der Waals surface area contributed by atoms with E-state index in [1.54, 1.807) is 30.3 Å². The maximum atomic E-state index is 13.9. The van der Waals surface area contributed by atoms with E-state index in [1.807, 2.05) is 55.6 Å². The number of rotatable bonds is 8. The molecule has 4 aromatic rings. The highest BCUT2D eigenvalue weighted by Crippen LogP contribution is 2.33.